The summed E-state index contributed by atoms with van der Waals surface area (Å²) in [6.07, 6.45) is 1.12. The molecular weight excluding hydrogens is 198 g/mol. The van der Waals surface area contributed by atoms with Gasteiger partial charge < -0.3 is 14.2 Å². The molecule has 0 rings (SSSR count). The van der Waals surface area contributed by atoms with Gasteiger partial charge in [-0.2, -0.15) is 0 Å². The van der Waals surface area contributed by atoms with Crippen LogP contribution >= 0.6 is 0 Å². The predicted octanol–water partition coefficient (Wildman–Crippen LogP) is 0.660. The van der Waals surface area contributed by atoms with E-state index in [1.54, 1.807) is 6.92 Å². The molecule has 0 amide bonds. The second-order valence-electron chi connectivity index (χ2n) is 3.23. The third-order valence-electron chi connectivity index (χ3n) is 1.93. The van der Waals surface area contributed by atoms with Crippen LogP contribution in [0.4, 0.5) is 0 Å². The molecule has 0 heterocycles. The van der Waals surface area contributed by atoms with Crippen molar-refractivity contribution in [1.29, 1.82) is 0 Å². The van der Waals surface area contributed by atoms with Crippen LogP contribution in [-0.4, -0.2) is 38.7 Å². The molecule has 5 nitrogen and oxygen atoms in total. The Morgan fingerprint density at radius 1 is 1.53 bits per heavy atom. The Bertz CT molecular complexity index is 213. The zero-order valence-corrected chi connectivity index (χ0v) is 9.70. The van der Waals surface area contributed by atoms with Crippen LogP contribution in [0.15, 0.2) is 12.7 Å². The van der Waals surface area contributed by atoms with Crippen molar-refractivity contribution in [2.75, 3.05) is 20.8 Å². The van der Waals surface area contributed by atoms with E-state index in [-0.39, 0.29) is 12.6 Å². The van der Waals surface area contributed by atoms with E-state index < -0.39 is 11.9 Å². The first kappa shape index (κ1) is 14.1. The summed E-state index contributed by atoms with van der Waals surface area (Å²) in [5.41, 5.74) is 0. The third-order valence-corrected chi connectivity index (χ3v) is 1.93. The number of esters is 1. The van der Waals surface area contributed by atoms with E-state index in [4.69, 9.17) is 14.2 Å². The maximum absolute atomic E-state index is 10.8. The number of rotatable bonds is 7. The molecule has 0 spiro atoms. The van der Waals surface area contributed by atoms with Crippen LogP contribution in [0.2, 0.25) is 0 Å². The number of carbonyl (C=O) groups excluding carboxylic acids is 1. The van der Waals surface area contributed by atoms with Gasteiger partial charge in [0.2, 0.25) is 5.91 Å². The molecule has 0 radical (unpaired) electrons. The molecule has 5 heteroatoms. The largest absolute Gasteiger partial charge is 0.461 e. The van der Waals surface area contributed by atoms with Crippen molar-refractivity contribution in [2.45, 2.75) is 25.8 Å². The zero-order valence-electron chi connectivity index (χ0n) is 9.70. The predicted molar refractivity (Wildman–Crippen MR) is 56.2 cm³/mol. The van der Waals surface area contributed by atoms with Gasteiger partial charge in [-0.25, -0.2) is 4.79 Å². The summed E-state index contributed by atoms with van der Waals surface area (Å²) in [4.78, 5) is 10.8. The van der Waals surface area contributed by atoms with Gasteiger partial charge >= 0.3 is 5.97 Å². The first-order valence-electron chi connectivity index (χ1n) is 4.64. The Labute approximate surface area is 90.4 Å². The Balaban J connectivity index is 3.96. The fraction of sp³-hybridized carbons (Fsp3) is 0.700. The summed E-state index contributed by atoms with van der Waals surface area (Å²) in [6.45, 7) is 7.12. The fourth-order valence-corrected chi connectivity index (χ4v) is 0.956. The second-order valence-corrected chi connectivity index (χ2v) is 3.23. The Morgan fingerprint density at radius 3 is 2.47 bits per heavy atom. The standard InChI is InChI=1S/C10H19NO4/c1-6-9(12)15-7-8(2)11-10(3,13-4)14-5/h6,8,11H,1,7H2,2-5H3. The van der Waals surface area contributed by atoms with Gasteiger partial charge in [0.25, 0.3) is 0 Å². The van der Waals surface area contributed by atoms with Crippen molar-refractivity contribution in [3.63, 3.8) is 0 Å². The van der Waals surface area contributed by atoms with Gasteiger partial charge in [0.05, 0.1) is 0 Å². The molecule has 0 saturated heterocycles. The Hall–Kier alpha value is -0.910. The zero-order chi connectivity index (χ0) is 11.9. The molecule has 1 N–H and O–H groups in total. The molecule has 0 aliphatic rings. The summed E-state index contributed by atoms with van der Waals surface area (Å²) in [5.74, 6) is -1.32. The van der Waals surface area contributed by atoms with E-state index in [2.05, 4.69) is 11.9 Å². The molecule has 0 bridgehead atoms. The molecule has 0 saturated carbocycles. The molecular formula is C10H19NO4. The average Bonchev–Trinajstić information content (AvgIpc) is 2.25. The van der Waals surface area contributed by atoms with Gasteiger partial charge in [-0.3, -0.25) is 5.32 Å². The van der Waals surface area contributed by atoms with Gasteiger partial charge in [0.1, 0.15) is 6.61 Å². The van der Waals surface area contributed by atoms with Crippen molar-refractivity contribution in [3.05, 3.63) is 12.7 Å². The fourth-order valence-electron chi connectivity index (χ4n) is 0.956. The Morgan fingerprint density at radius 2 is 2.07 bits per heavy atom. The lowest BCUT2D eigenvalue weighted by molar-refractivity contribution is -0.220. The number of hydrogen-bond acceptors (Lipinski definition) is 5. The highest BCUT2D eigenvalue weighted by Gasteiger charge is 2.24. The second kappa shape index (κ2) is 6.55. The molecule has 0 aliphatic heterocycles. The van der Waals surface area contributed by atoms with Crippen LogP contribution in [0.25, 0.3) is 0 Å². The topological polar surface area (TPSA) is 56.8 Å². The molecule has 0 aromatic rings. The Kier molecular flexibility index (Phi) is 6.15. The molecule has 0 aromatic carbocycles. The van der Waals surface area contributed by atoms with Crippen LogP contribution in [0.3, 0.4) is 0 Å². The van der Waals surface area contributed by atoms with E-state index in [0.717, 1.165) is 6.08 Å². The summed E-state index contributed by atoms with van der Waals surface area (Å²) < 4.78 is 15.1. The quantitative estimate of drug-likeness (QED) is 0.386. The summed E-state index contributed by atoms with van der Waals surface area (Å²) >= 11 is 0. The van der Waals surface area contributed by atoms with Crippen LogP contribution in [0, 0.1) is 0 Å². The minimum Gasteiger partial charge on any atom is -0.461 e. The van der Waals surface area contributed by atoms with Gasteiger partial charge in [-0.1, -0.05) is 6.58 Å². The molecule has 1 unspecified atom stereocenters. The normalized spacial score (nSPS) is 13.3. The highest BCUT2D eigenvalue weighted by molar-refractivity contribution is 5.81. The van der Waals surface area contributed by atoms with Crippen molar-refractivity contribution in [1.82, 2.24) is 5.32 Å². The van der Waals surface area contributed by atoms with Crippen LogP contribution < -0.4 is 5.32 Å². The molecule has 88 valence electrons. The SMILES string of the molecule is C=CC(=O)OCC(C)NC(C)(OC)OC. The highest BCUT2D eigenvalue weighted by Crippen LogP contribution is 2.06. The molecule has 0 aromatic heterocycles. The monoisotopic (exact) mass is 217 g/mol. The number of ether oxygens (including phenoxy) is 3. The summed E-state index contributed by atoms with van der Waals surface area (Å²) in [5, 5.41) is 3.02. The highest BCUT2D eigenvalue weighted by atomic mass is 16.7. The van der Waals surface area contributed by atoms with E-state index in [1.165, 1.54) is 14.2 Å². The van der Waals surface area contributed by atoms with E-state index >= 15 is 0 Å². The number of nitrogens with one attached hydrogen (secondary N) is 1. The number of methoxy groups -OCH3 is 2. The molecule has 0 fully saturated rings. The van der Waals surface area contributed by atoms with E-state index in [9.17, 15) is 4.79 Å². The van der Waals surface area contributed by atoms with Gasteiger partial charge in [-0.05, 0) is 6.92 Å². The third kappa shape index (κ3) is 5.51. The first-order chi connectivity index (χ1) is 6.97. The van der Waals surface area contributed by atoms with Crippen molar-refractivity contribution >= 4 is 5.97 Å². The minimum absolute atomic E-state index is 0.0844. The van der Waals surface area contributed by atoms with E-state index in [0.29, 0.717) is 0 Å². The number of hydrogen-bond donors (Lipinski definition) is 1. The van der Waals surface area contributed by atoms with Crippen molar-refractivity contribution < 1.29 is 19.0 Å². The lowest BCUT2D eigenvalue weighted by Crippen LogP contribution is -2.51. The van der Waals surface area contributed by atoms with E-state index in [1.807, 2.05) is 6.92 Å². The lowest BCUT2D eigenvalue weighted by Gasteiger charge is -2.30. The maximum atomic E-state index is 10.8. The smallest absolute Gasteiger partial charge is 0.330 e. The first-order valence-corrected chi connectivity index (χ1v) is 4.64. The summed E-state index contributed by atoms with van der Waals surface area (Å²) in [7, 11) is 3.05. The minimum atomic E-state index is -0.875. The average molecular weight is 217 g/mol. The lowest BCUT2D eigenvalue weighted by atomic mass is 10.3. The molecule has 0 aliphatic carbocycles. The van der Waals surface area contributed by atoms with Gasteiger partial charge in [0.15, 0.2) is 0 Å². The van der Waals surface area contributed by atoms with Crippen LogP contribution in [0.5, 0.6) is 0 Å². The summed E-state index contributed by atoms with van der Waals surface area (Å²) in [6, 6.07) is -0.0844. The van der Waals surface area contributed by atoms with Crippen molar-refractivity contribution in [3.8, 4) is 0 Å². The van der Waals surface area contributed by atoms with Crippen LogP contribution in [-0.2, 0) is 19.0 Å². The van der Waals surface area contributed by atoms with Crippen LogP contribution in [0.1, 0.15) is 13.8 Å². The van der Waals surface area contributed by atoms with Gasteiger partial charge in [0, 0.05) is 33.3 Å². The van der Waals surface area contributed by atoms with Crippen molar-refractivity contribution in [2.24, 2.45) is 0 Å². The number of carbonyl (C=O) groups is 1. The maximum Gasteiger partial charge on any atom is 0.330 e. The van der Waals surface area contributed by atoms with Gasteiger partial charge in [-0.15, -0.1) is 0 Å². The molecule has 15 heavy (non-hydrogen) atoms. The molecule has 1 atom stereocenters.